The summed E-state index contributed by atoms with van der Waals surface area (Å²) in [5, 5.41) is 0. The SMILES string of the molecule is CCC(C)N1CCN(Cc2ccc(CN)cc2F)CC1. The van der Waals surface area contributed by atoms with Crippen LogP contribution in [0.4, 0.5) is 4.39 Å². The van der Waals surface area contributed by atoms with Gasteiger partial charge in [-0.15, -0.1) is 0 Å². The maximum atomic E-state index is 14.0. The maximum absolute atomic E-state index is 14.0. The smallest absolute Gasteiger partial charge is 0.128 e. The predicted octanol–water partition coefficient (Wildman–Crippen LogP) is 2.20. The van der Waals surface area contributed by atoms with Crippen molar-refractivity contribution in [1.29, 1.82) is 0 Å². The molecule has 1 aliphatic heterocycles. The minimum absolute atomic E-state index is 0.127. The molecule has 1 aromatic rings. The summed E-state index contributed by atoms with van der Waals surface area (Å²) in [6.07, 6.45) is 1.19. The van der Waals surface area contributed by atoms with Crippen molar-refractivity contribution < 1.29 is 4.39 Å². The third-order valence-electron chi connectivity index (χ3n) is 4.37. The summed E-state index contributed by atoms with van der Waals surface area (Å²) in [6.45, 7) is 9.79. The first-order valence-electron chi connectivity index (χ1n) is 7.57. The fourth-order valence-corrected chi connectivity index (χ4v) is 2.71. The molecule has 0 radical (unpaired) electrons. The first kappa shape index (κ1) is 15.4. The van der Waals surface area contributed by atoms with Gasteiger partial charge in [0.15, 0.2) is 0 Å². The van der Waals surface area contributed by atoms with Gasteiger partial charge in [-0.05, 0) is 25.0 Å². The van der Waals surface area contributed by atoms with Crippen LogP contribution in [0.2, 0.25) is 0 Å². The summed E-state index contributed by atoms with van der Waals surface area (Å²) in [7, 11) is 0. The average molecular weight is 279 g/mol. The van der Waals surface area contributed by atoms with E-state index in [4.69, 9.17) is 5.73 Å². The summed E-state index contributed by atoms with van der Waals surface area (Å²) >= 11 is 0. The van der Waals surface area contributed by atoms with E-state index in [1.54, 1.807) is 6.07 Å². The Kier molecular flexibility index (Phi) is 5.52. The Bertz CT molecular complexity index is 428. The third-order valence-corrected chi connectivity index (χ3v) is 4.37. The van der Waals surface area contributed by atoms with E-state index in [0.717, 1.165) is 37.3 Å². The van der Waals surface area contributed by atoms with Crippen molar-refractivity contribution >= 4 is 0 Å². The fourth-order valence-electron chi connectivity index (χ4n) is 2.71. The van der Waals surface area contributed by atoms with Crippen molar-refractivity contribution in [3.8, 4) is 0 Å². The molecule has 2 N–H and O–H groups in total. The van der Waals surface area contributed by atoms with Gasteiger partial charge in [0, 0.05) is 50.9 Å². The van der Waals surface area contributed by atoms with Crippen molar-refractivity contribution in [3.05, 3.63) is 35.1 Å². The quantitative estimate of drug-likeness (QED) is 0.897. The van der Waals surface area contributed by atoms with Gasteiger partial charge in [-0.1, -0.05) is 19.1 Å². The van der Waals surface area contributed by atoms with Gasteiger partial charge in [-0.25, -0.2) is 4.39 Å². The van der Waals surface area contributed by atoms with Crippen LogP contribution in [-0.4, -0.2) is 42.0 Å². The normalized spacial score (nSPS) is 19.2. The number of nitrogens with two attached hydrogens (primary N) is 1. The second kappa shape index (κ2) is 7.16. The van der Waals surface area contributed by atoms with Gasteiger partial charge in [0.25, 0.3) is 0 Å². The highest BCUT2D eigenvalue weighted by Crippen LogP contribution is 2.15. The van der Waals surface area contributed by atoms with Gasteiger partial charge < -0.3 is 5.73 Å². The number of halogens is 1. The van der Waals surface area contributed by atoms with Crippen molar-refractivity contribution in [1.82, 2.24) is 9.80 Å². The summed E-state index contributed by atoms with van der Waals surface area (Å²) in [5.41, 5.74) is 7.16. The molecule has 3 nitrogen and oxygen atoms in total. The van der Waals surface area contributed by atoms with Crippen LogP contribution in [0.5, 0.6) is 0 Å². The molecule has 1 saturated heterocycles. The molecular formula is C16H26FN3. The highest BCUT2D eigenvalue weighted by atomic mass is 19.1. The molecule has 0 aromatic heterocycles. The largest absolute Gasteiger partial charge is 0.326 e. The van der Waals surface area contributed by atoms with E-state index in [1.165, 1.54) is 6.42 Å². The van der Waals surface area contributed by atoms with Crippen LogP contribution in [0.15, 0.2) is 18.2 Å². The fraction of sp³-hybridized carbons (Fsp3) is 0.625. The zero-order chi connectivity index (χ0) is 14.5. The summed E-state index contributed by atoms with van der Waals surface area (Å²) in [6, 6.07) is 6.01. The number of rotatable bonds is 5. The Labute approximate surface area is 121 Å². The van der Waals surface area contributed by atoms with E-state index in [2.05, 4.69) is 23.6 Å². The molecule has 1 aromatic carbocycles. The third kappa shape index (κ3) is 3.78. The Hall–Kier alpha value is -0.970. The highest BCUT2D eigenvalue weighted by molar-refractivity contribution is 5.24. The summed E-state index contributed by atoms with van der Waals surface area (Å²) in [5.74, 6) is -0.127. The van der Waals surface area contributed by atoms with Gasteiger partial charge in [0.05, 0.1) is 0 Å². The molecule has 2 rings (SSSR count). The van der Waals surface area contributed by atoms with Crippen molar-refractivity contribution in [2.45, 2.75) is 39.4 Å². The van der Waals surface area contributed by atoms with Crippen molar-refractivity contribution in [2.75, 3.05) is 26.2 Å². The Morgan fingerprint density at radius 3 is 2.50 bits per heavy atom. The molecule has 0 bridgehead atoms. The maximum Gasteiger partial charge on any atom is 0.128 e. The molecule has 1 heterocycles. The monoisotopic (exact) mass is 279 g/mol. The minimum Gasteiger partial charge on any atom is -0.326 e. The van der Waals surface area contributed by atoms with Gasteiger partial charge in [0.1, 0.15) is 5.82 Å². The van der Waals surface area contributed by atoms with Crippen molar-refractivity contribution in [3.63, 3.8) is 0 Å². The van der Waals surface area contributed by atoms with Crippen LogP contribution < -0.4 is 5.73 Å². The second-order valence-corrected chi connectivity index (χ2v) is 5.70. The van der Waals surface area contributed by atoms with Crippen LogP contribution in [0.25, 0.3) is 0 Å². The topological polar surface area (TPSA) is 32.5 Å². The number of nitrogens with zero attached hydrogens (tertiary/aromatic N) is 2. The lowest BCUT2D eigenvalue weighted by Crippen LogP contribution is -2.49. The number of piperazine rings is 1. The molecule has 112 valence electrons. The first-order chi connectivity index (χ1) is 9.63. The number of benzene rings is 1. The molecule has 0 amide bonds. The van der Waals surface area contributed by atoms with Gasteiger partial charge in [-0.2, -0.15) is 0 Å². The van der Waals surface area contributed by atoms with Crippen LogP contribution in [0.1, 0.15) is 31.4 Å². The van der Waals surface area contributed by atoms with E-state index >= 15 is 0 Å². The molecule has 1 aliphatic rings. The van der Waals surface area contributed by atoms with E-state index in [-0.39, 0.29) is 5.82 Å². The molecule has 1 unspecified atom stereocenters. The summed E-state index contributed by atoms with van der Waals surface area (Å²) < 4.78 is 14.0. The molecule has 20 heavy (non-hydrogen) atoms. The Morgan fingerprint density at radius 2 is 1.95 bits per heavy atom. The standard InChI is InChI=1S/C16H26FN3/c1-3-13(2)20-8-6-19(7-9-20)12-15-5-4-14(11-18)10-16(15)17/h4-5,10,13H,3,6-9,11-12,18H2,1-2H3. The van der Waals surface area contributed by atoms with Crippen molar-refractivity contribution in [2.24, 2.45) is 5.73 Å². The molecule has 1 atom stereocenters. The van der Waals surface area contributed by atoms with Crippen LogP contribution in [-0.2, 0) is 13.1 Å². The van der Waals surface area contributed by atoms with E-state index < -0.39 is 0 Å². The number of hydrogen-bond acceptors (Lipinski definition) is 3. The predicted molar refractivity (Wildman–Crippen MR) is 80.9 cm³/mol. The van der Waals surface area contributed by atoms with Gasteiger partial charge in [-0.3, -0.25) is 9.80 Å². The van der Waals surface area contributed by atoms with Crippen LogP contribution in [0.3, 0.4) is 0 Å². The van der Waals surface area contributed by atoms with Crippen LogP contribution >= 0.6 is 0 Å². The Balaban J connectivity index is 1.89. The average Bonchev–Trinajstić information content (AvgIpc) is 2.49. The molecule has 1 fully saturated rings. The number of hydrogen-bond donors (Lipinski definition) is 1. The summed E-state index contributed by atoms with van der Waals surface area (Å²) in [4.78, 5) is 4.85. The highest BCUT2D eigenvalue weighted by Gasteiger charge is 2.20. The van der Waals surface area contributed by atoms with Gasteiger partial charge >= 0.3 is 0 Å². The van der Waals surface area contributed by atoms with E-state index in [1.807, 2.05) is 12.1 Å². The lowest BCUT2D eigenvalue weighted by atomic mass is 10.1. The van der Waals surface area contributed by atoms with E-state index in [9.17, 15) is 4.39 Å². The van der Waals surface area contributed by atoms with Gasteiger partial charge in [0.2, 0.25) is 0 Å². The van der Waals surface area contributed by atoms with Crippen LogP contribution in [0, 0.1) is 5.82 Å². The molecule has 0 aliphatic carbocycles. The molecule has 0 saturated carbocycles. The second-order valence-electron chi connectivity index (χ2n) is 5.70. The lowest BCUT2D eigenvalue weighted by molar-refractivity contribution is 0.0956. The molecule has 4 heteroatoms. The first-order valence-corrected chi connectivity index (χ1v) is 7.57. The van der Waals surface area contributed by atoms with E-state index in [0.29, 0.717) is 19.1 Å². The molecule has 0 spiro atoms. The molecular weight excluding hydrogens is 253 g/mol. The Morgan fingerprint density at radius 1 is 1.25 bits per heavy atom. The zero-order valence-corrected chi connectivity index (χ0v) is 12.6. The zero-order valence-electron chi connectivity index (χ0n) is 12.6. The lowest BCUT2D eigenvalue weighted by Gasteiger charge is -2.37. The minimum atomic E-state index is -0.127.